The molecule has 0 aliphatic carbocycles. The second-order valence-corrected chi connectivity index (χ2v) is 8.88. The Morgan fingerprint density at radius 1 is 1.13 bits per heavy atom. The van der Waals surface area contributed by atoms with Crippen molar-refractivity contribution in [3.63, 3.8) is 0 Å². The summed E-state index contributed by atoms with van der Waals surface area (Å²) in [6.45, 7) is 3.90. The summed E-state index contributed by atoms with van der Waals surface area (Å²) >= 11 is 0. The SMILES string of the molecule is C=CC(Cc1ccccc1)C(N)(N)CCC[Si](OC)(OC)OC. The molecule has 0 saturated carbocycles. The van der Waals surface area contributed by atoms with Crippen molar-refractivity contribution >= 4 is 8.80 Å². The van der Waals surface area contributed by atoms with Crippen molar-refractivity contribution in [1.82, 2.24) is 0 Å². The van der Waals surface area contributed by atoms with Crippen LogP contribution in [0, 0.1) is 5.92 Å². The minimum absolute atomic E-state index is 0.00592. The van der Waals surface area contributed by atoms with Crippen LogP contribution in [0.4, 0.5) is 0 Å². The molecule has 6 heteroatoms. The van der Waals surface area contributed by atoms with E-state index in [1.807, 2.05) is 24.3 Å². The summed E-state index contributed by atoms with van der Waals surface area (Å²) in [5, 5.41) is 0. The van der Waals surface area contributed by atoms with Crippen LogP contribution in [0.2, 0.25) is 6.04 Å². The van der Waals surface area contributed by atoms with E-state index in [0.29, 0.717) is 12.5 Å². The van der Waals surface area contributed by atoms with Crippen LogP contribution in [0.1, 0.15) is 18.4 Å². The second kappa shape index (κ2) is 9.32. The lowest BCUT2D eigenvalue weighted by Crippen LogP contribution is -2.56. The monoisotopic (exact) mass is 338 g/mol. The third-order valence-electron chi connectivity index (χ3n) is 4.30. The fourth-order valence-electron chi connectivity index (χ4n) is 2.71. The molecule has 0 aromatic heterocycles. The van der Waals surface area contributed by atoms with Gasteiger partial charge in [-0.1, -0.05) is 36.4 Å². The van der Waals surface area contributed by atoms with Crippen LogP contribution >= 0.6 is 0 Å². The van der Waals surface area contributed by atoms with Crippen molar-refractivity contribution in [3.8, 4) is 0 Å². The van der Waals surface area contributed by atoms with Crippen LogP contribution in [0.5, 0.6) is 0 Å². The highest BCUT2D eigenvalue weighted by Gasteiger charge is 2.38. The molecule has 0 amide bonds. The Bertz CT molecular complexity index is 456. The lowest BCUT2D eigenvalue weighted by Gasteiger charge is -2.33. The molecule has 1 aromatic carbocycles. The first kappa shape index (κ1) is 20.0. The quantitative estimate of drug-likeness (QED) is 0.368. The van der Waals surface area contributed by atoms with Crippen molar-refractivity contribution < 1.29 is 13.3 Å². The summed E-state index contributed by atoms with van der Waals surface area (Å²) in [7, 11) is 2.26. The van der Waals surface area contributed by atoms with E-state index in [1.165, 1.54) is 5.56 Å². The summed E-state index contributed by atoms with van der Waals surface area (Å²) in [6, 6.07) is 10.9. The molecule has 5 nitrogen and oxygen atoms in total. The maximum absolute atomic E-state index is 6.37. The first-order valence-electron chi connectivity index (χ1n) is 7.82. The van der Waals surface area contributed by atoms with Crippen LogP contribution in [0.25, 0.3) is 0 Å². The van der Waals surface area contributed by atoms with E-state index >= 15 is 0 Å². The van der Waals surface area contributed by atoms with Crippen molar-refractivity contribution in [2.45, 2.75) is 31.0 Å². The van der Waals surface area contributed by atoms with Crippen molar-refractivity contribution in [2.75, 3.05) is 21.3 Å². The zero-order valence-corrected chi connectivity index (χ0v) is 15.5. The predicted octanol–water partition coefficient (Wildman–Crippen LogP) is 2.30. The summed E-state index contributed by atoms with van der Waals surface area (Å²) in [5.74, 6) is -0.00592. The van der Waals surface area contributed by atoms with Gasteiger partial charge in [-0.05, 0) is 24.8 Å². The Morgan fingerprint density at radius 3 is 2.17 bits per heavy atom. The zero-order chi connectivity index (χ0) is 17.3. The fraction of sp³-hybridized carbons (Fsp3) is 0.529. The fourth-order valence-corrected chi connectivity index (χ4v) is 4.44. The molecule has 4 N–H and O–H groups in total. The van der Waals surface area contributed by atoms with Gasteiger partial charge in [-0.15, -0.1) is 6.58 Å². The molecule has 1 atom stereocenters. The van der Waals surface area contributed by atoms with Gasteiger partial charge in [0.15, 0.2) is 0 Å². The lowest BCUT2D eigenvalue weighted by atomic mass is 9.85. The third kappa shape index (κ3) is 5.84. The molecule has 0 spiro atoms. The van der Waals surface area contributed by atoms with Gasteiger partial charge in [-0.25, -0.2) is 0 Å². The molecule has 1 rings (SSSR count). The van der Waals surface area contributed by atoms with Gasteiger partial charge >= 0.3 is 8.80 Å². The normalized spacial score (nSPS) is 13.8. The third-order valence-corrected chi connectivity index (χ3v) is 7.13. The Labute approximate surface area is 141 Å². The van der Waals surface area contributed by atoms with Crippen molar-refractivity contribution in [2.24, 2.45) is 17.4 Å². The maximum Gasteiger partial charge on any atom is 0.500 e. The molecule has 0 aliphatic heterocycles. The van der Waals surface area contributed by atoms with E-state index in [4.69, 9.17) is 24.7 Å². The van der Waals surface area contributed by atoms with Gasteiger partial charge in [0, 0.05) is 33.3 Å². The molecule has 23 heavy (non-hydrogen) atoms. The number of hydrogen-bond donors (Lipinski definition) is 2. The van der Waals surface area contributed by atoms with Crippen molar-refractivity contribution in [1.29, 1.82) is 0 Å². The van der Waals surface area contributed by atoms with E-state index in [1.54, 1.807) is 21.3 Å². The van der Waals surface area contributed by atoms with Crippen LogP contribution in [0.3, 0.4) is 0 Å². The summed E-state index contributed by atoms with van der Waals surface area (Å²) in [4.78, 5) is 0. The van der Waals surface area contributed by atoms with Crippen LogP contribution in [-0.4, -0.2) is 35.8 Å². The Balaban J connectivity index is 2.63. The highest BCUT2D eigenvalue weighted by molar-refractivity contribution is 6.60. The van der Waals surface area contributed by atoms with Gasteiger partial charge in [0.2, 0.25) is 0 Å². The van der Waals surface area contributed by atoms with Gasteiger partial charge in [0.05, 0.1) is 5.66 Å². The summed E-state index contributed by atoms with van der Waals surface area (Å²) < 4.78 is 16.3. The number of nitrogens with two attached hydrogens (primary N) is 2. The Hall–Kier alpha value is -1.02. The molecule has 0 saturated heterocycles. The smallest absolute Gasteiger partial charge is 0.377 e. The maximum atomic E-state index is 6.37. The molecule has 0 aliphatic rings. The van der Waals surface area contributed by atoms with Crippen LogP contribution in [0.15, 0.2) is 43.0 Å². The van der Waals surface area contributed by atoms with Gasteiger partial charge < -0.3 is 24.7 Å². The molecule has 1 aromatic rings. The standard InChI is InChI=1S/C17H30N2O3Si/c1-5-16(14-15-10-7-6-8-11-15)17(18,19)12-9-13-23(20-2,21-3)22-4/h5-8,10-11,16H,1,9,12-14,18-19H2,2-4H3. The van der Waals surface area contributed by atoms with Crippen LogP contribution < -0.4 is 11.5 Å². The highest BCUT2D eigenvalue weighted by atomic mass is 28.4. The van der Waals surface area contributed by atoms with Crippen LogP contribution in [-0.2, 0) is 19.7 Å². The summed E-state index contributed by atoms with van der Waals surface area (Å²) in [5.41, 5.74) is 13.1. The van der Waals surface area contributed by atoms with E-state index in [2.05, 4.69) is 18.7 Å². The number of benzene rings is 1. The van der Waals surface area contributed by atoms with E-state index in [9.17, 15) is 0 Å². The van der Waals surface area contributed by atoms with Gasteiger partial charge in [-0.2, -0.15) is 0 Å². The largest absolute Gasteiger partial charge is 0.500 e. The highest BCUT2D eigenvalue weighted by Crippen LogP contribution is 2.24. The molecular formula is C17H30N2O3Si. The first-order chi connectivity index (χ1) is 10.9. The first-order valence-corrected chi connectivity index (χ1v) is 9.76. The number of hydrogen-bond acceptors (Lipinski definition) is 5. The average Bonchev–Trinajstić information content (AvgIpc) is 2.57. The molecule has 0 heterocycles. The number of rotatable bonds is 11. The van der Waals surface area contributed by atoms with E-state index in [0.717, 1.165) is 12.8 Å². The molecule has 1 unspecified atom stereocenters. The van der Waals surface area contributed by atoms with E-state index in [-0.39, 0.29) is 5.92 Å². The summed E-state index contributed by atoms with van der Waals surface area (Å²) in [6.07, 6.45) is 4.04. The molecule has 0 radical (unpaired) electrons. The van der Waals surface area contributed by atoms with Gasteiger partial charge in [0.1, 0.15) is 0 Å². The second-order valence-electron chi connectivity index (χ2n) is 5.79. The average molecular weight is 339 g/mol. The Morgan fingerprint density at radius 2 is 1.70 bits per heavy atom. The zero-order valence-electron chi connectivity index (χ0n) is 14.5. The minimum atomic E-state index is -2.57. The molecule has 0 fully saturated rings. The topological polar surface area (TPSA) is 79.7 Å². The van der Waals surface area contributed by atoms with Gasteiger partial charge in [-0.3, -0.25) is 0 Å². The molecular weight excluding hydrogens is 308 g/mol. The molecule has 0 bridgehead atoms. The van der Waals surface area contributed by atoms with Gasteiger partial charge in [0.25, 0.3) is 0 Å². The predicted molar refractivity (Wildman–Crippen MR) is 95.8 cm³/mol. The lowest BCUT2D eigenvalue weighted by molar-refractivity contribution is 0.121. The van der Waals surface area contributed by atoms with Crippen molar-refractivity contribution in [3.05, 3.63) is 48.6 Å². The molecule has 130 valence electrons. The van der Waals surface area contributed by atoms with E-state index < -0.39 is 14.5 Å². The Kier molecular flexibility index (Phi) is 8.11. The minimum Gasteiger partial charge on any atom is -0.377 e.